The second-order valence-electron chi connectivity index (χ2n) is 6.19. The van der Waals surface area contributed by atoms with Crippen LogP contribution in [0.25, 0.3) is 10.2 Å². The molecule has 1 fully saturated rings. The molecule has 5 nitrogen and oxygen atoms in total. The molecule has 122 valence electrons. The second kappa shape index (κ2) is 6.00. The van der Waals surface area contributed by atoms with E-state index in [2.05, 4.69) is 4.99 Å². The fourth-order valence-electron chi connectivity index (χ4n) is 3.31. The molecule has 0 atom stereocenters. The maximum absolute atomic E-state index is 12.4. The standard InChI is InChI=1S/C17H20N2O3S/c1-19-12-9-13-14(22-8-7-21-13)10-15(12)23-17(19)18-16(20)11-5-3-2-4-6-11/h9-11H,2-8H2,1H3. The van der Waals surface area contributed by atoms with Gasteiger partial charge in [0.25, 0.3) is 5.91 Å². The van der Waals surface area contributed by atoms with E-state index in [9.17, 15) is 4.79 Å². The van der Waals surface area contributed by atoms with E-state index in [1.807, 2.05) is 23.7 Å². The molecule has 1 aliphatic heterocycles. The Kier molecular flexibility index (Phi) is 3.85. The minimum atomic E-state index is 0.0316. The topological polar surface area (TPSA) is 52.8 Å². The Morgan fingerprint density at radius 3 is 2.61 bits per heavy atom. The van der Waals surface area contributed by atoms with E-state index >= 15 is 0 Å². The van der Waals surface area contributed by atoms with Gasteiger partial charge in [-0.05, 0) is 12.8 Å². The van der Waals surface area contributed by atoms with Gasteiger partial charge in [0.05, 0.1) is 10.2 Å². The number of amides is 1. The Hall–Kier alpha value is -1.82. The van der Waals surface area contributed by atoms with Crippen molar-refractivity contribution in [1.29, 1.82) is 0 Å². The first-order valence-corrected chi connectivity index (χ1v) is 9.02. The van der Waals surface area contributed by atoms with Crippen LogP contribution in [-0.4, -0.2) is 23.7 Å². The lowest BCUT2D eigenvalue weighted by molar-refractivity contribution is -0.122. The number of carbonyl (C=O) groups is 1. The van der Waals surface area contributed by atoms with Gasteiger partial charge in [-0.2, -0.15) is 4.99 Å². The average molecular weight is 332 g/mol. The smallest absolute Gasteiger partial charge is 0.251 e. The van der Waals surface area contributed by atoms with Crippen molar-refractivity contribution in [3.05, 3.63) is 16.9 Å². The van der Waals surface area contributed by atoms with E-state index in [0.29, 0.717) is 13.2 Å². The predicted molar refractivity (Wildman–Crippen MR) is 88.9 cm³/mol. The van der Waals surface area contributed by atoms with Crippen LogP contribution in [0.5, 0.6) is 11.5 Å². The van der Waals surface area contributed by atoms with Crippen molar-refractivity contribution < 1.29 is 14.3 Å². The van der Waals surface area contributed by atoms with Crippen LogP contribution < -0.4 is 14.3 Å². The molecule has 6 heteroatoms. The Morgan fingerprint density at radius 2 is 1.87 bits per heavy atom. The number of hydrogen-bond acceptors (Lipinski definition) is 4. The molecule has 0 N–H and O–H groups in total. The van der Waals surface area contributed by atoms with Gasteiger partial charge in [-0.15, -0.1) is 0 Å². The number of ether oxygens (including phenoxy) is 2. The third kappa shape index (κ3) is 2.76. The van der Waals surface area contributed by atoms with Crippen LogP contribution in [-0.2, 0) is 11.8 Å². The summed E-state index contributed by atoms with van der Waals surface area (Å²) in [4.78, 5) is 17.6. The molecule has 4 rings (SSSR count). The summed E-state index contributed by atoms with van der Waals surface area (Å²) in [5.41, 5.74) is 1.02. The third-order valence-electron chi connectivity index (χ3n) is 4.63. The minimum Gasteiger partial charge on any atom is -0.486 e. The molecule has 1 amide bonds. The number of fused-ring (bicyclic) bond motifs is 2. The Balaban J connectivity index is 1.73. The lowest BCUT2D eigenvalue weighted by Crippen LogP contribution is -2.20. The fourth-order valence-corrected chi connectivity index (χ4v) is 4.34. The summed E-state index contributed by atoms with van der Waals surface area (Å²) in [7, 11) is 1.95. The van der Waals surface area contributed by atoms with E-state index in [1.54, 1.807) is 0 Å². The van der Waals surface area contributed by atoms with Crippen LogP contribution in [0.4, 0.5) is 0 Å². The number of aryl methyl sites for hydroxylation is 1. The van der Waals surface area contributed by atoms with E-state index in [1.165, 1.54) is 17.8 Å². The van der Waals surface area contributed by atoms with Crippen LogP contribution in [0.3, 0.4) is 0 Å². The van der Waals surface area contributed by atoms with Crippen molar-refractivity contribution in [2.24, 2.45) is 18.0 Å². The fraction of sp³-hybridized carbons (Fsp3) is 0.529. The summed E-state index contributed by atoms with van der Waals surface area (Å²) in [6.45, 7) is 1.15. The second-order valence-corrected chi connectivity index (χ2v) is 7.20. The van der Waals surface area contributed by atoms with Gasteiger partial charge in [-0.1, -0.05) is 30.6 Å². The average Bonchev–Trinajstić information content (AvgIpc) is 2.89. The minimum absolute atomic E-state index is 0.0316. The summed E-state index contributed by atoms with van der Waals surface area (Å²) in [5.74, 6) is 1.68. The number of hydrogen-bond donors (Lipinski definition) is 0. The number of carbonyl (C=O) groups excluding carboxylic acids is 1. The Bertz CT molecular complexity index is 815. The van der Waals surface area contributed by atoms with E-state index in [4.69, 9.17) is 9.47 Å². The molecule has 0 unspecified atom stereocenters. The molecule has 1 saturated carbocycles. The highest BCUT2D eigenvalue weighted by molar-refractivity contribution is 7.16. The lowest BCUT2D eigenvalue weighted by atomic mass is 9.89. The zero-order valence-corrected chi connectivity index (χ0v) is 14.0. The molecule has 1 aliphatic carbocycles. The first-order valence-electron chi connectivity index (χ1n) is 8.20. The summed E-state index contributed by atoms with van der Waals surface area (Å²) in [6, 6.07) is 3.96. The Morgan fingerprint density at radius 1 is 1.17 bits per heavy atom. The van der Waals surface area contributed by atoms with Crippen LogP contribution in [0, 0.1) is 5.92 Å². The van der Waals surface area contributed by atoms with Crippen molar-refractivity contribution in [3.8, 4) is 11.5 Å². The molecule has 23 heavy (non-hydrogen) atoms. The number of benzene rings is 1. The van der Waals surface area contributed by atoms with Gasteiger partial charge in [0.2, 0.25) is 0 Å². The van der Waals surface area contributed by atoms with Crippen molar-refractivity contribution in [2.45, 2.75) is 32.1 Å². The zero-order valence-electron chi connectivity index (χ0n) is 13.2. The number of thiazole rings is 1. The Labute approximate surface area is 138 Å². The molecule has 1 aromatic heterocycles. The van der Waals surface area contributed by atoms with Crippen molar-refractivity contribution >= 4 is 27.5 Å². The van der Waals surface area contributed by atoms with Gasteiger partial charge in [0, 0.05) is 25.1 Å². The monoisotopic (exact) mass is 332 g/mol. The molecule has 2 aromatic rings. The van der Waals surface area contributed by atoms with Crippen LogP contribution in [0.2, 0.25) is 0 Å². The van der Waals surface area contributed by atoms with Crippen LogP contribution >= 0.6 is 11.3 Å². The summed E-state index contributed by atoms with van der Waals surface area (Å²) >= 11 is 1.53. The largest absolute Gasteiger partial charge is 0.486 e. The molecule has 0 radical (unpaired) electrons. The normalized spacial score (nSPS) is 19.3. The summed E-state index contributed by atoms with van der Waals surface area (Å²) < 4.78 is 14.3. The first-order chi connectivity index (χ1) is 11.2. The maximum atomic E-state index is 12.4. The van der Waals surface area contributed by atoms with Crippen molar-refractivity contribution in [1.82, 2.24) is 4.57 Å². The van der Waals surface area contributed by atoms with Gasteiger partial charge < -0.3 is 14.0 Å². The van der Waals surface area contributed by atoms with Gasteiger partial charge in [-0.3, -0.25) is 4.79 Å². The van der Waals surface area contributed by atoms with E-state index in [-0.39, 0.29) is 11.8 Å². The zero-order chi connectivity index (χ0) is 15.8. The van der Waals surface area contributed by atoms with Crippen LogP contribution in [0.15, 0.2) is 17.1 Å². The van der Waals surface area contributed by atoms with Crippen molar-refractivity contribution in [2.75, 3.05) is 13.2 Å². The van der Waals surface area contributed by atoms with Gasteiger partial charge in [-0.25, -0.2) is 0 Å². The molecule has 1 aromatic carbocycles. The predicted octanol–water partition coefficient (Wildman–Crippen LogP) is 3.02. The highest BCUT2D eigenvalue weighted by Gasteiger charge is 2.21. The highest BCUT2D eigenvalue weighted by atomic mass is 32.1. The molecular formula is C17H20N2O3S. The third-order valence-corrected chi connectivity index (χ3v) is 5.73. The summed E-state index contributed by atoms with van der Waals surface area (Å²) in [6.07, 6.45) is 5.49. The maximum Gasteiger partial charge on any atom is 0.251 e. The highest BCUT2D eigenvalue weighted by Crippen LogP contribution is 2.35. The van der Waals surface area contributed by atoms with Gasteiger partial charge >= 0.3 is 0 Å². The molecule has 0 saturated heterocycles. The van der Waals surface area contributed by atoms with Gasteiger partial charge in [0.1, 0.15) is 13.2 Å². The summed E-state index contributed by atoms with van der Waals surface area (Å²) in [5, 5.41) is 0. The number of nitrogens with zero attached hydrogens (tertiary/aromatic N) is 2. The molecule has 0 bridgehead atoms. The quantitative estimate of drug-likeness (QED) is 0.806. The number of aromatic nitrogens is 1. The van der Waals surface area contributed by atoms with Crippen LogP contribution in [0.1, 0.15) is 32.1 Å². The van der Waals surface area contributed by atoms with Crippen molar-refractivity contribution in [3.63, 3.8) is 0 Å². The molecule has 2 aliphatic rings. The lowest BCUT2D eigenvalue weighted by Gasteiger charge is -2.18. The van der Waals surface area contributed by atoms with Gasteiger partial charge in [0.15, 0.2) is 16.3 Å². The first kappa shape index (κ1) is 14.8. The SMILES string of the molecule is Cn1c(=NC(=O)C2CCCCC2)sc2cc3c(cc21)OCCO3. The molecule has 0 spiro atoms. The molecule has 2 heterocycles. The molecular weight excluding hydrogens is 312 g/mol. The van der Waals surface area contributed by atoms with E-state index in [0.717, 1.165) is 52.2 Å². The number of rotatable bonds is 1. The van der Waals surface area contributed by atoms with E-state index < -0.39 is 0 Å².